The third kappa shape index (κ3) is 11.0. The maximum absolute atomic E-state index is 14.7. The molecule has 0 spiro atoms. The third-order valence-corrected chi connectivity index (χ3v) is 15.2. The van der Waals surface area contributed by atoms with Crippen molar-refractivity contribution >= 4 is 41.2 Å². The van der Waals surface area contributed by atoms with Gasteiger partial charge in [0, 0.05) is 37.4 Å². The summed E-state index contributed by atoms with van der Waals surface area (Å²) in [5.41, 5.74) is 0.943. The van der Waals surface area contributed by atoms with Gasteiger partial charge in [-0.2, -0.15) is 36.9 Å². The number of benzene rings is 5. The average molecular weight is 1080 g/mol. The number of amides is 6. The fraction of sp³-hybridized carbons (Fsp3) is 0.293. The quantitative estimate of drug-likeness (QED) is 0.0684. The summed E-state index contributed by atoms with van der Waals surface area (Å²) in [6.07, 6.45) is -6.81. The highest BCUT2D eigenvalue weighted by Gasteiger charge is 2.48. The molecule has 0 aromatic heterocycles. The Morgan fingerprint density at radius 3 is 1.43 bits per heavy atom. The van der Waals surface area contributed by atoms with Gasteiger partial charge in [-0.15, -0.1) is 0 Å². The van der Waals surface area contributed by atoms with Crippen LogP contribution in [0, 0.1) is 28.6 Å². The molecule has 4 aliphatic heterocycles. The highest BCUT2D eigenvalue weighted by molar-refractivity contribution is 6.08. The SMILES string of the molecule is N#Cc1ccc([C@H]2NC(=O)N(c3cccc(C(F)(F)F)c3)C3=C2C(=O)N(CCC[N+](CCCN2CC4=C(C2=O)[C@@H](c2ccc(C#N)cc2)NC(=O)N4c2cccc(C(F)(F)F)c2)(Cc2ccc(C(=O)[O-])cc2)CC2CC2)C3)cc1. The monoisotopic (exact) mass is 1080 g/mol. The summed E-state index contributed by atoms with van der Waals surface area (Å²) >= 11 is 0. The Labute approximate surface area is 449 Å². The van der Waals surface area contributed by atoms with Crippen molar-refractivity contribution < 1.29 is 59.9 Å². The number of carboxylic acid groups (broad SMARTS) is 1. The number of alkyl halides is 6. The largest absolute Gasteiger partial charge is 0.545 e. The number of nitrogens with one attached hydrogen (secondary N) is 2. The fourth-order valence-electron chi connectivity index (χ4n) is 11.2. The van der Waals surface area contributed by atoms with Crippen LogP contribution in [0.3, 0.4) is 0 Å². The smallest absolute Gasteiger partial charge is 0.416 e. The van der Waals surface area contributed by atoms with E-state index in [2.05, 4.69) is 10.6 Å². The van der Waals surface area contributed by atoms with Crippen LogP contribution in [-0.2, 0) is 28.5 Å². The number of quaternary nitrogens is 1. The number of hydrogen-bond donors (Lipinski definition) is 2. The molecule has 5 aliphatic rings. The van der Waals surface area contributed by atoms with Crippen molar-refractivity contribution in [1.82, 2.24) is 20.4 Å². The van der Waals surface area contributed by atoms with Crippen molar-refractivity contribution in [3.63, 3.8) is 0 Å². The lowest BCUT2D eigenvalue weighted by Gasteiger charge is -2.40. The van der Waals surface area contributed by atoms with E-state index in [9.17, 15) is 65.9 Å². The number of nitrogens with zero attached hydrogens (tertiary/aromatic N) is 7. The van der Waals surface area contributed by atoms with Gasteiger partial charge in [-0.3, -0.25) is 19.4 Å². The molecule has 2 atom stereocenters. The molecule has 10 rings (SSSR count). The maximum atomic E-state index is 14.7. The molecule has 4 heterocycles. The zero-order valence-corrected chi connectivity index (χ0v) is 42.1. The predicted octanol–water partition coefficient (Wildman–Crippen LogP) is 8.47. The van der Waals surface area contributed by atoms with Gasteiger partial charge in [0.25, 0.3) is 11.8 Å². The number of hydrogen-bond acceptors (Lipinski definition) is 8. The predicted molar refractivity (Wildman–Crippen MR) is 271 cm³/mol. The second-order valence-electron chi connectivity index (χ2n) is 20.4. The minimum Gasteiger partial charge on any atom is -0.545 e. The number of anilines is 2. The van der Waals surface area contributed by atoms with Gasteiger partial charge in [-0.1, -0.05) is 60.7 Å². The van der Waals surface area contributed by atoms with Crippen LogP contribution < -0.4 is 25.5 Å². The minimum atomic E-state index is -4.73. The molecular weight excluding hydrogens is 1030 g/mol. The summed E-state index contributed by atoms with van der Waals surface area (Å²) in [7, 11) is 0. The summed E-state index contributed by atoms with van der Waals surface area (Å²) in [6, 6.07) is 28.0. The number of rotatable bonds is 17. The summed E-state index contributed by atoms with van der Waals surface area (Å²) in [5.74, 6) is -1.94. The van der Waals surface area contributed by atoms with Crippen LogP contribution in [0.4, 0.5) is 47.3 Å². The molecule has 1 aliphatic carbocycles. The lowest BCUT2D eigenvalue weighted by molar-refractivity contribution is -0.942. The zero-order valence-electron chi connectivity index (χ0n) is 42.1. The summed E-state index contributed by atoms with van der Waals surface area (Å²) < 4.78 is 84.5. The zero-order chi connectivity index (χ0) is 56.0. The van der Waals surface area contributed by atoms with E-state index in [4.69, 9.17) is 0 Å². The first-order valence-corrected chi connectivity index (χ1v) is 25.5. The molecule has 0 bridgehead atoms. The van der Waals surface area contributed by atoms with Gasteiger partial charge in [0.05, 0.1) is 119 Å². The molecular formula is C58H49F6N9O6. The molecule has 0 radical (unpaired) electrons. The lowest BCUT2D eigenvalue weighted by atomic mass is 9.94. The van der Waals surface area contributed by atoms with E-state index in [1.807, 2.05) is 12.1 Å². The molecule has 6 amide bonds. The molecule has 404 valence electrons. The van der Waals surface area contributed by atoms with Crippen molar-refractivity contribution in [2.24, 2.45) is 5.92 Å². The molecule has 1 fully saturated rings. The average Bonchev–Trinajstić information content (AvgIpc) is 4.35. The van der Waals surface area contributed by atoms with Gasteiger partial charge < -0.3 is 34.8 Å². The van der Waals surface area contributed by atoms with Crippen molar-refractivity contribution in [2.45, 2.75) is 56.7 Å². The number of carboxylic acids is 1. The van der Waals surface area contributed by atoms with E-state index in [1.165, 1.54) is 60.7 Å². The second kappa shape index (κ2) is 21.1. The van der Waals surface area contributed by atoms with Gasteiger partial charge in [0.2, 0.25) is 0 Å². The third-order valence-electron chi connectivity index (χ3n) is 15.2. The van der Waals surface area contributed by atoms with Crippen molar-refractivity contribution in [1.29, 1.82) is 10.5 Å². The van der Waals surface area contributed by atoms with Gasteiger partial charge in [0.1, 0.15) is 6.54 Å². The first-order chi connectivity index (χ1) is 37.7. The van der Waals surface area contributed by atoms with Crippen molar-refractivity contribution in [3.8, 4) is 12.1 Å². The van der Waals surface area contributed by atoms with Crippen molar-refractivity contribution in [3.05, 3.63) is 188 Å². The van der Waals surface area contributed by atoms with Crippen LogP contribution >= 0.6 is 0 Å². The number of aromatic carboxylic acids is 1. The molecule has 2 N–H and O–H groups in total. The van der Waals surface area contributed by atoms with E-state index in [1.54, 1.807) is 46.2 Å². The Balaban J connectivity index is 0.927. The molecule has 15 nitrogen and oxygen atoms in total. The summed E-state index contributed by atoms with van der Waals surface area (Å²) in [6.45, 7) is 2.03. The highest BCUT2D eigenvalue weighted by Crippen LogP contribution is 2.43. The Morgan fingerprint density at radius 2 is 1.05 bits per heavy atom. The minimum absolute atomic E-state index is 0.0185. The molecule has 79 heavy (non-hydrogen) atoms. The lowest BCUT2D eigenvalue weighted by Crippen LogP contribution is -2.51. The van der Waals surface area contributed by atoms with Crippen LogP contribution in [0.1, 0.15) is 87.1 Å². The first-order valence-electron chi connectivity index (χ1n) is 25.5. The number of carbonyl (C=O) groups is 5. The number of urea groups is 2. The van der Waals surface area contributed by atoms with Crippen LogP contribution in [0.15, 0.2) is 144 Å². The number of halogens is 6. The van der Waals surface area contributed by atoms with Crippen LogP contribution in [-0.4, -0.2) is 89.9 Å². The summed E-state index contributed by atoms with van der Waals surface area (Å²) in [5, 5.41) is 36.3. The Hall–Kier alpha value is -8.95. The second-order valence-corrected chi connectivity index (χ2v) is 20.4. The van der Waals surface area contributed by atoms with E-state index < -0.39 is 65.4 Å². The van der Waals surface area contributed by atoms with E-state index in [0.29, 0.717) is 71.7 Å². The molecule has 1 saturated carbocycles. The van der Waals surface area contributed by atoms with E-state index >= 15 is 0 Å². The van der Waals surface area contributed by atoms with Gasteiger partial charge in [-0.25, -0.2) is 9.59 Å². The van der Waals surface area contributed by atoms with Gasteiger partial charge in [0.15, 0.2) is 0 Å². The van der Waals surface area contributed by atoms with Crippen LogP contribution in [0.2, 0.25) is 0 Å². The topological polar surface area (TPSA) is 193 Å². The molecule has 21 heteroatoms. The highest BCUT2D eigenvalue weighted by atomic mass is 19.4. The molecule has 0 saturated heterocycles. The molecule has 5 aromatic rings. The maximum Gasteiger partial charge on any atom is 0.416 e. The molecule has 0 unspecified atom stereocenters. The number of nitriles is 2. The van der Waals surface area contributed by atoms with Crippen molar-refractivity contribution in [2.75, 3.05) is 55.6 Å². The van der Waals surface area contributed by atoms with E-state index in [-0.39, 0.29) is 65.7 Å². The van der Waals surface area contributed by atoms with E-state index in [0.717, 1.165) is 52.5 Å². The first kappa shape index (κ1) is 53.4. The Kier molecular flexibility index (Phi) is 14.3. The van der Waals surface area contributed by atoms with Gasteiger partial charge >= 0.3 is 24.4 Å². The normalized spacial score (nSPS) is 18.6. The molecule has 5 aromatic carbocycles. The Bertz CT molecular complexity index is 3230. The number of carbonyl (C=O) groups excluding carboxylic acids is 5. The fourth-order valence-corrected chi connectivity index (χ4v) is 11.2. The Morgan fingerprint density at radius 1 is 0.620 bits per heavy atom. The standard InChI is InChI=1S/C58H49F6N9O6/c59-57(60,61)42-5-1-7-44(27-42)71-46-31-69(52(74)48(46)50(67-55(71)78)39-17-11-35(29-65)12-18-39)23-3-25-73(33-37-9-10-37,34-38-15-21-41(22-16-38)54(76)77)26-4-24-70-32-47-49(53(70)75)51(40-19-13-36(30-66)14-20-40)68-56(79)72(47)45-8-2-6-43(28-45)58(62,63)64/h1-2,5-8,11-22,27-28,37,50-51H,3-4,9-10,23-26,31-34H2,(H2-,67,68,76,77,78,79)/t50-,51-/m1/s1. The van der Waals surface area contributed by atoms with Crippen LogP contribution in [0.5, 0.6) is 0 Å². The van der Waals surface area contributed by atoms with Crippen LogP contribution in [0.25, 0.3) is 0 Å². The summed E-state index contributed by atoms with van der Waals surface area (Å²) in [4.78, 5) is 74.6. The van der Waals surface area contributed by atoms with Gasteiger partial charge in [-0.05, 0) is 90.2 Å².